The Kier molecular flexibility index (Phi) is 20.2. The molecule has 152 valence electrons. The standard InChI is InChI=1S/C23H48O2/c1-4-5-20-23(24)25-21-18-16-14-12-10-8-6-7-9-11-13-15-17-19-22(2)3/h22-24H,4-21H2,1-3H3. The quantitative estimate of drug-likeness (QED) is 0.179. The van der Waals surface area contributed by atoms with E-state index < -0.39 is 6.29 Å². The van der Waals surface area contributed by atoms with E-state index in [9.17, 15) is 5.11 Å². The zero-order valence-electron chi connectivity index (χ0n) is 17.7. The molecule has 2 nitrogen and oxygen atoms in total. The molecule has 0 aromatic rings. The van der Waals surface area contributed by atoms with Crippen molar-refractivity contribution in [1.29, 1.82) is 0 Å². The van der Waals surface area contributed by atoms with Crippen molar-refractivity contribution in [3.05, 3.63) is 0 Å². The van der Waals surface area contributed by atoms with Crippen LogP contribution in [0.5, 0.6) is 0 Å². The molecule has 0 aromatic heterocycles. The second kappa shape index (κ2) is 20.2. The van der Waals surface area contributed by atoms with Crippen LogP contribution in [-0.2, 0) is 4.74 Å². The summed E-state index contributed by atoms with van der Waals surface area (Å²) in [6.07, 6.45) is 21.8. The minimum atomic E-state index is -0.532. The molecule has 1 unspecified atom stereocenters. The number of ether oxygens (including phenoxy) is 1. The molecule has 0 bridgehead atoms. The maximum atomic E-state index is 9.58. The van der Waals surface area contributed by atoms with Gasteiger partial charge in [0.2, 0.25) is 0 Å². The summed E-state index contributed by atoms with van der Waals surface area (Å²) < 4.78 is 5.42. The van der Waals surface area contributed by atoms with Gasteiger partial charge in [0.1, 0.15) is 0 Å². The Balaban J connectivity index is 3.05. The molecule has 0 spiro atoms. The van der Waals surface area contributed by atoms with Gasteiger partial charge in [0.05, 0.1) is 0 Å². The Hall–Kier alpha value is -0.0800. The summed E-state index contributed by atoms with van der Waals surface area (Å²) in [7, 11) is 0. The first-order valence-electron chi connectivity index (χ1n) is 11.5. The van der Waals surface area contributed by atoms with Crippen molar-refractivity contribution in [2.45, 2.75) is 136 Å². The van der Waals surface area contributed by atoms with Crippen LogP contribution in [0.15, 0.2) is 0 Å². The molecule has 25 heavy (non-hydrogen) atoms. The van der Waals surface area contributed by atoms with Crippen LogP contribution in [0.4, 0.5) is 0 Å². The third kappa shape index (κ3) is 21.9. The van der Waals surface area contributed by atoms with E-state index in [1.807, 2.05) is 0 Å². The average Bonchev–Trinajstić information content (AvgIpc) is 2.59. The molecule has 0 rings (SSSR count). The third-order valence-corrected chi connectivity index (χ3v) is 5.04. The molecule has 0 radical (unpaired) electrons. The minimum absolute atomic E-state index is 0.532. The van der Waals surface area contributed by atoms with Gasteiger partial charge in [-0.1, -0.05) is 111 Å². The first-order valence-corrected chi connectivity index (χ1v) is 11.5. The summed E-state index contributed by atoms with van der Waals surface area (Å²) >= 11 is 0. The molecule has 0 amide bonds. The predicted octanol–water partition coefficient (Wildman–Crippen LogP) is 7.63. The highest BCUT2D eigenvalue weighted by molar-refractivity contribution is 4.51. The molecule has 2 heteroatoms. The van der Waals surface area contributed by atoms with Gasteiger partial charge in [0.15, 0.2) is 6.29 Å². The summed E-state index contributed by atoms with van der Waals surface area (Å²) in [5, 5.41) is 9.58. The molecule has 0 aliphatic heterocycles. The van der Waals surface area contributed by atoms with Crippen LogP contribution in [0.25, 0.3) is 0 Å². The van der Waals surface area contributed by atoms with Crippen LogP contribution >= 0.6 is 0 Å². The molecule has 1 atom stereocenters. The monoisotopic (exact) mass is 356 g/mol. The first-order chi connectivity index (χ1) is 12.2. The van der Waals surface area contributed by atoms with E-state index in [0.717, 1.165) is 38.2 Å². The summed E-state index contributed by atoms with van der Waals surface area (Å²) in [5.74, 6) is 0.880. The van der Waals surface area contributed by atoms with Gasteiger partial charge in [-0.15, -0.1) is 0 Å². The maximum absolute atomic E-state index is 9.58. The number of hydrogen-bond acceptors (Lipinski definition) is 2. The molecule has 0 heterocycles. The van der Waals surface area contributed by atoms with Crippen molar-refractivity contribution >= 4 is 0 Å². The molecule has 0 aliphatic rings. The number of rotatable bonds is 20. The van der Waals surface area contributed by atoms with Crippen LogP contribution in [0.2, 0.25) is 0 Å². The van der Waals surface area contributed by atoms with Crippen molar-refractivity contribution in [3.63, 3.8) is 0 Å². The SMILES string of the molecule is CCCCC(O)OCCCCCCCCCCCCCCCC(C)C. The van der Waals surface area contributed by atoms with Crippen molar-refractivity contribution in [3.8, 4) is 0 Å². The predicted molar refractivity (Wildman–Crippen MR) is 111 cm³/mol. The molecular formula is C23H48O2. The van der Waals surface area contributed by atoms with Crippen molar-refractivity contribution < 1.29 is 9.84 Å². The van der Waals surface area contributed by atoms with Gasteiger partial charge in [0, 0.05) is 6.61 Å². The van der Waals surface area contributed by atoms with Crippen LogP contribution in [0, 0.1) is 5.92 Å². The average molecular weight is 357 g/mol. The lowest BCUT2D eigenvalue weighted by molar-refractivity contribution is -0.105. The Bertz CT molecular complexity index is 240. The van der Waals surface area contributed by atoms with Crippen LogP contribution in [0.1, 0.15) is 130 Å². The molecule has 0 fully saturated rings. The van der Waals surface area contributed by atoms with E-state index in [2.05, 4.69) is 20.8 Å². The van der Waals surface area contributed by atoms with Gasteiger partial charge in [-0.3, -0.25) is 0 Å². The van der Waals surface area contributed by atoms with E-state index in [1.165, 1.54) is 83.5 Å². The van der Waals surface area contributed by atoms with E-state index in [-0.39, 0.29) is 0 Å². The fraction of sp³-hybridized carbons (Fsp3) is 1.00. The van der Waals surface area contributed by atoms with Gasteiger partial charge in [-0.25, -0.2) is 0 Å². The largest absolute Gasteiger partial charge is 0.368 e. The minimum Gasteiger partial charge on any atom is -0.368 e. The first kappa shape index (κ1) is 24.9. The summed E-state index contributed by atoms with van der Waals surface area (Å²) in [5.41, 5.74) is 0. The van der Waals surface area contributed by atoms with Crippen molar-refractivity contribution in [1.82, 2.24) is 0 Å². The molecule has 1 N–H and O–H groups in total. The topological polar surface area (TPSA) is 29.5 Å². The Labute approximate surface area is 159 Å². The summed E-state index contributed by atoms with van der Waals surface area (Å²) in [6.45, 7) is 7.52. The summed E-state index contributed by atoms with van der Waals surface area (Å²) in [6, 6.07) is 0. The van der Waals surface area contributed by atoms with Crippen molar-refractivity contribution in [2.75, 3.05) is 6.61 Å². The molecule has 0 aromatic carbocycles. The number of aliphatic hydroxyl groups excluding tert-OH is 1. The van der Waals surface area contributed by atoms with E-state index in [1.54, 1.807) is 0 Å². The van der Waals surface area contributed by atoms with Crippen molar-refractivity contribution in [2.24, 2.45) is 5.92 Å². The van der Waals surface area contributed by atoms with E-state index >= 15 is 0 Å². The summed E-state index contributed by atoms with van der Waals surface area (Å²) in [4.78, 5) is 0. The molecular weight excluding hydrogens is 308 g/mol. The second-order valence-electron chi connectivity index (χ2n) is 8.25. The Morgan fingerprint density at radius 1 is 0.600 bits per heavy atom. The van der Waals surface area contributed by atoms with Crippen LogP contribution in [-0.4, -0.2) is 18.0 Å². The third-order valence-electron chi connectivity index (χ3n) is 5.04. The van der Waals surface area contributed by atoms with Gasteiger partial charge in [0.25, 0.3) is 0 Å². The molecule has 0 aliphatic carbocycles. The zero-order chi connectivity index (χ0) is 18.6. The lowest BCUT2D eigenvalue weighted by Crippen LogP contribution is -2.12. The van der Waals surface area contributed by atoms with Gasteiger partial charge in [-0.2, -0.15) is 0 Å². The maximum Gasteiger partial charge on any atom is 0.154 e. The highest BCUT2D eigenvalue weighted by Gasteiger charge is 2.02. The zero-order valence-corrected chi connectivity index (χ0v) is 17.7. The van der Waals surface area contributed by atoms with E-state index in [0.29, 0.717) is 0 Å². The lowest BCUT2D eigenvalue weighted by atomic mass is 10.0. The molecule has 0 saturated carbocycles. The fourth-order valence-electron chi connectivity index (χ4n) is 3.28. The van der Waals surface area contributed by atoms with Crippen LogP contribution < -0.4 is 0 Å². The highest BCUT2D eigenvalue weighted by atomic mass is 16.6. The van der Waals surface area contributed by atoms with Gasteiger partial charge >= 0.3 is 0 Å². The van der Waals surface area contributed by atoms with E-state index in [4.69, 9.17) is 4.74 Å². The highest BCUT2D eigenvalue weighted by Crippen LogP contribution is 2.14. The second-order valence-corrected chi connectivity index (χ2v) is 8.25. The lowest BCUT2D eigenvalue weighted by Gasteiger charge is -2.11. The molecule has 0 saturated heterocycles. The normalized spacial score (nSPS) is 12.8. The van der Waals surface area contributed by atoms with Gasteiger partial charge < -0.3 is 9.84 Å². The number of hydrogen-bond donors (Lipinski definition) is 1. The smallest absolute Gasteiger partial charge is 0.154 e. The van der Waals surface area contributed by atoms with Gasteiger partial charge in [-0.05, 0) is 25.2 Å². The fourth-order valence-corrected chi connectivity index (χ4v) is 3.28. The Morgan fingerprint density at radius 3 is 1.48 bits per heavy atom. The number of unbranched alkanes of at least 4 members (excludes halogenated alkanes) is 13. The van der Waals surface area contributed by atoms with Crippen LogP contribution in [0.3, 0.4) is 0 Å². The number of aliphatic hydroxyl groups is 1. The Morgan fingerprint density at radius 2 is 1.04 bits per heavy atom.